The van der Waals surface area contributed by atoms with Crippen LogP contribution in [-0.4, -0.2) is 9.97 Å². The van der Waals surface area contributed by atoms with Gasteiger partial charge in [0, 0.05) is 4.47 Å². The second kappa shape index (κ2) is 5.11. The summed E-state index contributed by atoms with van der Waals surface area (Å²) in [6, 6.07) is 11.9. The van der Waals surface area contributed by atoms with Crippen LogP contribution >= 0.6 is 27.5 Å². The Morgan fingerprint density at radius 1 is 1.15 bits per heavy atom. The third-order valence-electron chi connectivity index (χ3n) is 3.24. The minimum Gasteiger partial charge on any atom is -0.306 e. The predicted octanol–water partition coefficient (Wildman–Crippen LogP) is 4.26. The van der Waals surface area contributed by atoms with Gasteiger partial charge in [0.15, 0.2) is 0 Å². The molecule has 0 saturated carbocycles. The lowest BCUT2D eigenvalue weighted by atomic mass is 10.0. The number of benzene rings is 2. The van der Waals surface area contributed by atoms with E-state index in [9.17, 15) is 4.79 Å². The number of alkyl halides is 1. The van der Waals surface area contributed by atoms with Gasteiger partial charge in [0.2, 0.25) is 0 Å². The number of hydrogen-bond acceptors (Lipinski definition) is 1. The highest BCUT2D eigenvalue weighted by molar-refractivity contribution is 9.10. The summed E-state index contributed by atoms with van der Waals surface area (Å²) in [6.07, 6.45) is 0. The first-order valence-corrected chi connectivity index (χ1v) is 7.39. The van der Waals surface area contributed by atoms with E-state index in [2.05, 4.69) is 32.0 Å². The zero-order chi connectivity index (χ0) is 14.3. The molecule has 0 bridgehead atoms. The molecule has 0 radical (unpaired) electrons. The van der Waals surface area contributed by atoms with Crippen LogP contribution < -0.4 is 5.69 Å². The maximum atomic E-state index is 11.3. The molecule has 0 amide bonds. The predicted molar refractivity (Wildman–Crippen MR) is 85.5 cm³/mol. The van der Waals surface area contributed by atoms with E-state index in [0.717, 1.165) is 26.6 Å². The normalized spacial score (nSPS) is 12.8. The molecule has 0 saturated heterocycles. The number of rotatable bonds is 2. The number of halogens is 2. The Balaban J connectivity index is 2.13. The van der Waals surface area contributed by atoms with Gasteiger partial charge >= 0.3 is 5.69 Å². The third-order valence-corrected chi connectivity index (χ3v) is 4.41. The van der Waals surface area contributed by atoms with Gasteiger partial charge in [-0.1, -0.05) is 45.8 Å². The molecule has 102 valence electrons. The minimum atomic E-state index is -0.271. The van der Waals surface area contributed by atoms with Crippen LogP contribution in [0, 0.1) is 6.92 Å². The van der Waals surface area contributed by atoms with Gasteiger partial charge in [-0.05, 0) is 30.2 Å². The molecule has 0 spiro atoms. The van der Waals surface area contributed by atoms with Crippen molar-refractivity contribution in [3.8, 4) is 0 Å². The lowest BCUT2D eigenvalue weighted by molar-refractivity contribution is 1.12. The first-order valence-electron chi connectivity index (χ1n) is 6.16. The number of aromatic nitrogens is 2. The van der Waals surface area contributed by atoms with Crippen LogP contribution in [0.3, 0.4) is 0 Å². The lowest BCUT2D eigenvalue weighted by Crippen LogP contribution is -1.99. The molecule has 0 aliphatic carbocycles. The number of aryl methyl sites for hydroxylation is 1. The molecule has 3 rings (SSSR count). The lowest BCUT2D eigenvalue weighted by Gasteiger charge is -2.13. The Kier molecular flexibility index (Phi) is 3.44. The average Bonchev–Trinajstić information content (AvgIpc) is 2.76. The van der Waals surface area contributed by atoms with Crippen LogP contribution in [0.25, 0.3) is 11.0 Å². The van der Waals surface area contributed by atoms with Crippen molar-refractivity contribution in [2.45, 2.75) is 12.3 Å². The highest BCUT2D eigenvalue weighted by atomic mass is 79.9. The van der Waals surface area contributed by atoms with Crippen molar-refractivity contribution >= 4 is 38.6 Å². The fourth-order valence-electron chi connectivity index (χ4n) is 2.27. The largest absolute Gasteiger partial charge is 0.323 e. The maximum Gasteiger partial charge on any atom is 0.323 e. The third kappa shape index (κ3) is 2.41. The summed E-state index contributed by atoms with van der Waals surface area (Å²) in [5, 5.41) is -0.271. The molecule has 1 unspecified atom stereocenters. The summed E-state index contributed by atoms with van der Waals surface area (Å²) in [7, 11) is 0. The van der Waals surface area contributed by atoms with Crippen LogP contribution in [0.15, 0.2) is 45.7 Å². The highest BCUT2D eigenvalue weighted by Crippen LogP contribution is 2.35. The molecule has 1 aromatic heterocycles. The van der Waals surface area contributed by atoms with E-state index in [-0.39, 0.29) is 11.1 Å². The van der Waals surface area contributed by atoms with Gasteiger partial charge in [-0.3, -0.25) is 0 Å². The van der Waals surface area contributed by atoms with Crippen LogP contribution in [0.5, 0.6) is 0 Å². The Morgan fingerprint density at radius 3 is 2.55 bits per heavy atom. The van der Waals surface area contributed by atoms with Crippen LogP contribution in [0.2, 0.25) is 0 Å². The van der Waals surface area contributed by atoms with Crippen molar-refractivity contribution < 1.29 is 0 Å². The Labute approximate surface area is 129 Å². The number of H-pyrrole nitrogens is 2. The Hall–Kier alpha value is -1.52. The van der Waals surface area contributed by atoms with Gasteiger partial charge in [0.25, 0.3) is 0 Å². The molecular formula is C15H12BrClN2O. The first-order chi connectivity index (χ1) is 9.54. The second-order valence-electron chi connectivity index (χ2n) is 4.78. The molecule has 20 heavy (non-hydrogen) atoms. The van der Waals surface area contributed by atoms with Crippen LogP contribution in [0.4, 0.5) is 0 Å². The molecule has 2 N–H and O–H groups in total. The molecule has 2 aromatic carbocycles. The van der Waals surface area contributed by atoms with Gasteiger partial charge in [-0.25, -0.2) is 4.79 Å². The van der Waals surface area contributed by atoms with Gasteiger partial charge in [0.05, 0.1) is 16.4 Å². The van der Waals surface area contributed by atoms with Crippen molar-refractivity contribution in [1.29, 1.82) is 0 Å². The molecule has 0 aliphatic heterocycles. The molecule has 3 nitrogen and oxygen atoms in total. The summed E-state index contributed by atoms with van der Waals surface area (Å²) < 4.78 is 0.877. The van der Waals surface area contributed by atoms with E-state index in [0.29, 0.717) is 0 Å². The van der Waals surface area contributed by atoms with Crippen molar-refractivity contribution in [3.05, 3.63) is 68.0 Å². The number of fused-ring (bicyclic) bond motifs is 1. The summed E-state index contributed by atoms with van der Waals surface area (Å²) in [6.45, 7) is 2.04. The second-order valence-corrected chi connectivity index (χ2v) is 6.07. The number of hydrogen-bond donors (Lipinski definition) is 2. The zero-order valence-corrected chi connectivity index (χ0v) is 13.0. The molecule has 1 atom stereocenters. The van der Waals surface area contributed by atoms with Crippen molar-refractivity contribution in [1.82, 2.24) is 9.97 Å². The van der Waals surface area contributed by atoms with E-state index in [1.165, 1.54) is 5.56 Å². The molecule has 0 fully saturated rings. The van der Waals surface area contributed by atoms with E-state index in [1.807, 2.05) is 37.3 Å². The molecular weight excluding hydrogens is 340 g/mol. The summed E-state index contributed by atoms with van der Waals surface area (Å²) in [5.74, 6) is 0. The highest BCUT2D eigenvalue weighted by Gasteiger charge is 2.16. The minimum absolute atomic E-state index is 0.217. The fourth-order valence-corrected chi connectivity index (χ4v) is 3.29. The van der Waals surface area contributed by atoms with E-state index in [4.69, 9.17) is 11.6 Å². The Morgan fingerprint density at radius 2 is 1.85 bits per heavy atom. The first kappa shape index (κ1) is 13.5. The van der Waals surface area contributed by atoms with Gasteiger partial charge < -0.3 is 9.97 Å². The smallest absolute Gasteiger partial charge is 0.306 e. The number of nitrogens with one attached hydrogen (secondary N) is 2. The topological polar surface area (TPSA) is 48.6 Å². The standard InChI is InChI=1S/C15H12BrClN2O/c1-8-3-2-4-9(5-8)14(17)10-6-12-13(7-11(10)16)19-15(20)18-12/h2-7,14H,1H3,(H2,18,19,20). The average molecular weight is 352 g/mol. The van der Waals surface area contributed by atoms with Gasteiger partial charge in [0.1, 0.15) is 0 Å². The maximum absolute atomic E-state index is 11.3. The van der Waals surface area contributed by atoms with Crippen molar-refractivity contribution in [2.24, 2.45) is 0 Å². The van der Waals surface area contributed by atoms with Crippen molar-refractivity contribution in [2.75, 3.05) is 0 Å². The summed E-state index contributed by atoms with van der Waals surface area (Å²) >= 11 is 10.1. The fraction of sp³-hybridized carbons (Fsp3) is 0.133. The molecule has 5 heteroatoms. The van der Waals surface area contributed by atoms with E-state index in [1.54, 1.807) is 0 Å². The van der Waals surface area contributed by atoms with Crippen LogP contribution in [0.1, 0.15) is 22.1 Å². The quantitative estimate of drug-likeness (QED) is 0.666. The number of aromatic amines is 2. The SMILES string of the molecule is Cc1cccc(C(Cl)c2cc3[nH]c(=O)[nH]c3cc2Br)c1. The Bertz CT molecular complexity index is 837. The zero-order valence-electron chi connectivity index (χ0n) is 10.7. The van der Waals surface area contributed by atoms with Gasteiger partial charge in [-0.15, -0.1) is 11.6 Å². The molecule has 3 aromatic rings. The summed E-state index contributed by atoms with van der Waals surface area (Å²) in [5.41, 5.74) is 4.43. The molecule has 0 aliphatic rings. The van der Waals surface area contributed by atoms with Crippen LogP contribution in [-0.2, 0) is 0 Å². The van der Waals surface area contributed by atoms with E-state index < -0.39 is 0 Å². The van der Waals surface area contributed by atoms with Gasteiger partial charge in [-0.2, -0.15) is 0 Å². The molecule has 1 heterocycles. The monoisotopic (exact) mass is 350 g/mol. The number of imidazole rings is 1. The van der Waals surface area contributed by atoms with E-state index >= 15 is 0 Å². The van der Waals surface area contributed by atoms with Crippen molar-refractivity contribution in [3.63, 3.8) is 0 Å². The summed E-state index contributed by atoms with van der Waals surface area (Å²) in [4.78, 5) is 16.8.